The van der Waals surface area contributed by atoms with E-state index in [2.05, 4.69) is 14.8 Å². The van der Waals surface area contributed by atoms with Gasteiger partial charge in [0.2, 0.25) is 0 Å². The van der Waals surface area contributed by atoms with Gasteiger partial charge in [0.15, 0.2) is 5.82 Å². The quantitative estimate of drug-likeness (QED) is 0.844. The Morgan fingerprint density at radius 2 is 1.94 bits per heavy atom. The van der Waals surface area contributed by atoms with Crippen molar-refractivity contribution in [3.8, 4) is 11.4 Å². The fourth-order valence-electron chi connectivity index (χ4n) is 1.70. The van der Waals surface area contributed by atoms with Gasteiger partial charge >= 0.3 is 0 Å². The molecule has 0 aliphatic heterocycles. The van der Waals surface area contributed by atoms with Crippen LogP contribution in [0.4, 0.5) is 0 Å². The predicted octanol–water partition coefficient (Wildman–Crippen LogP) is 1.60. The summed E-state index contributed by atoms with van der Waals surface area (Å²) < 4.78 is 2.11. The standard InChI is InChI=1S/C12H16N4/c1-10-14-15-12(16(10)9-5-8-13)11-6-3-2-4-7-11/h2-4,6-7H,5,8-9,13H2,1H3. The maximum absolute atomic E-state index is 5.53. The second kappa shape index (κ2) is 4.90. The first-order chi connectivity index (χ1) is 7.83. The van der Waals surface area contributed by atoms with Crippen molar-refractivity contribution in [2.45, 2.75) is 19.9 Å². The highest BCUT2D eigenvalue weighted by Crippen LogP contribution is 2.17. The lowest BCUT2D eigenvalue weighted by Gasteiger charge is -2.07. The molecule has 0 saturated heterocycles. The molecule has 2 N–H and O–H groups in total. The Balaban J connectivity index is 2.34. The Morgan fingerprint density at radius 3 is 2.62 bits per heavy atom. The molecule has 1 aromatic carbocycles. The molecule has 0 aliphatic rings. The van der Waals surface area contributed by atoms with Crippen molar-refractivity contribution in [1.82, 2.24) is 14.8 Å². The van der Waals surface area contributed by atoms with Gasteiger partial charge in [-0.3, -0.25) is 0 Å². The zero-order valence-electron chi connectivity index (χ0n) is 9.43. The molecule has 0 unspecified atom stereocenters. The summed E-state index contributed by atoms with van der Waals surface area (Å²) in [6, 6.07) is 10.1. The van der Waals surface area contributed by atoms with Gasteiger partial charge < -0.3 is 10.3 Å². The molecule has 4 nitrogen and oxygen atoms in total. The number of hydrogen-bond acceptors (Lipinski definition) is 3. The average Bonchev–Trinajstić information content (AvgIpc) is 2.69. The first-order valence-electron chi connectivity index (χ1n) is 5.48. The largest absolute Gasteiger partial charge is 0.330 e. The molecule has 84 valence electrons. The highest BCUT2D eigenvalue weighted by Gasteiger charge is 2.09. The molecule has 0 saturated carbocycles. The Bertz CT molecular complexity index is 447. The molecule has 0 aliphatic carbocycles. The van der Waals surface area contributed by atoms with Gasteiger partial charge in [-0.15, -0.1) is 10.2 Å². The first-order valence-corrected chi connectivity index (χ1v) is 5.48. The lowest BCUT2D eigenvalue weighted by molar-refractivity contribution is 0.638. The summed E-state index contributed by atoms with van der Waals surface area (Å²) >= 11 is 0. The van der Waals surface area contributed by atoms with Gasteiger partial charge in [-0.05, 0) is 19.9 Å². The first kappa shape index (κ1) is 10.8. The Hall–Kier alpha value is -1.68. The van der Waals surface area contributed by atoms with E-state index in [0.717, 1.165) is 30.2 Å². The summed E-state index contributed by atoms with van der Waals surface area (Å²) in [6.45, 7) is 3.53. The lowest BCUT2D eigenvalue weighted by atomic mass is 10.2. The van der Waals surface area contributed by atoms with Gasteiger partial charge in [0, 0.05) is 12.1 Å². The Morgan fingerprint density at radius 1 is 1.19 bits per heavy atom. The molecule has 1 heterocycles. The monoisotopic (exact) mass is 216 g/mol. The number of nitrogens with two attached hydrogens (primary N) is 1. The van der Waals surface area contributed by atoms with E-state index in [1.807, 2.05) is 37.3 Å². The summed E-state index contributed by atoms with van der Waals surface area (Å²) in [5.74, 6) is 1.86. The topological polar surface area (TPSA) is 56.7 Å². The summed E-state index contributed by atoms with van der Waals surface area (Å²) in [5.41, 5.74) is 6.63. The van der Waals surface area contributed by atoms with E-state index in [0.29, 0.717) is 6.54 Å². The maximum Gasteiger partial charge on any atom is 0.163 e. The molecular formula is C12H16N4. The van der Waals surface area contributed by atoms with Crippen LogP contribution in [0.2, 0.25) is 0 Å². The number of benzene rings is 1. The van der Waals surface area contributed by atoms with E-state index in [1.165, 1.54) is 0 Å². The summed E-state index contributed by atoms with van der Waals surface area (Å²) in [5, 5.41) is 8.33. The fraction of sp³-hybridized carbons (Fsp3) is 0.333. The maximum atomic E-state index is 5.53. The van der Waals surface area contributed by atoms with Crippen molar-refractivity contribution in [2.24, 2.45) is 5.73 Å². The van der Waals surface area contributed by atoms with Gasteiger partial charge in [-0.1, -0.05) is 30.3 Å². The van der Waals surface area contributed by atoms with Gasteiger partial charge in [0.25, 0.3) is 0 Å². The molecule has 0 spiro atoms. The number of aryl methyl sites for hydroxylation is 1. The predicted molar refractivity (Wildman–Crippen MR) is 63.9 cm³/mol. The summed E-state index contributed by atoms with van der Waals surface area (Å²) in [4.78, 5) is 0. The van der Waals surface area contributed by atoms with Gasteiger partial charge in [0.1, 0.15) is 5.82 Å². The molecule has 2 aromatic rings. The molecule has 0 radical (unpaired) electrons. The minimum atomic E-state index is 0.686. The van der Waals surface area contributed by atoms with E-state index in [4.69, 9.17) is 5.73 Å². The van der Waals surface area contributed by atoms with Gasteiger partial charge in [0.05, 0.1) is 0 Å². The Labute approximate surface area is 95.1 Å². The van der Waals surface area contributed by atoms with Crippen LogP contribution in [0.5, 0.6) is 0 Å². The van der Waals surface area contributed by atoms with E-state index in [1.54, 1.807) is 0 Å². The van der Waals surface area contributed by atoms with E-state index in [-0.39, 0.29) is 0 Å². The van der Waals surface area contributed by atoms with Crippen molar-refractivity contribution in [1.29, 1.82) is 0 Å². The molecule has 2 rings (SSSR count). The molecular weight excluding hydrogens is 200 g/mol. The molecule has 1 aromatic heterocycles. The zero-order valence-corrected chi connectivity index (χ0v) is 9.43. The van der Waals surface area contributed by atoms with Crippen LogP contribution in [0.15, 0.2) is 30.3 Å². The second-order valence-electron chi connectivity index (χ2n) is 3.73. The van der Waals surface area contributed by atoms with E-state index in [9.17, 15) is 0 Å². The minimum Gasteiger partial charge on any atom is -0.330 e. The smallest absolute Gasteiger partial charge is 0.163 e. The number of nitrogens with zero attached hydrogens (tertiary/aromatic N) is 3. The zero-order chi connectivity index (χ0) is 11.4. The van der Waals surface area contributed by atoms with Crippen LogP contribution >= 0.6 is 0 Å². The third kappa shape index (κ3) is 2.12. The second-order valence-corrected chi connectivity index (χ2v) is 3.73. The van der Waals surface area contributed by atoms with Crippen LogP contribution in [-0.2, 0) is 6.54 Å². The van der Waals surface area contributed by atoms with Crippen LogP contribution in [0.1, 0.15) is 12.2 Å². The molecule has 0 amide bonds. The van der Waals surface area contributed by atoms with Crippen LogP contribution in [-0.4, -0.2) is 21.3 Å². The Kier molecular flexibility index (Phi) is 3.31. The van der Waals surface area contributed by atoms with Crippen LogP contribution in [0.25, 0.3) is 11.4 Å². The number of rotatable bonds is 4. The van der Waals surface area contributed by atoms with Crippen LogP contribution < -0.4 is 5.73 Å². The van der Waals surface area contributed by atoms with Gasteiger partial charge in [-0.25, -0.2) is 0 Å². The molecule has 0 fully saturated rings. The van der Waals surface area contributed by atoms with Crippen molar-refractivity contribution in [3.05, 3.63) is 36.2 Å². The van der Waals surface area contributed by atoms with E-state index >= 15 is 0 Å². The van der Waals surface area contributed by atoms with Crippen molar-refractivity contribution in [3.63, 3.8) is 0 Å². The molecule has 4 heteroatoms. The van der Waals surface area contributed by atoms with Crippen molar-refractivity contribution >= 4 is 0 Å². The normalized spacial score (nSPS) is 10.6. The minimum absolute atomic E-state index is 0.686. The summed E-state index contributed by atoms with van der Waals surface area (Å²) in [7, 11) is 0. The third-order valence-electron chi connectivity index (χ3n) is 2.55. The fourth-order valence-corrected chi connectivity index (χ4v) is 1.70. The SMILES string of the molecule is Cc1nnc(-c2ccccc2)n1CCCN. The highest BCUT2D eigenvalue weighted by atomic mass is 15.3. The molecule has 16 heavy (non-hydrogen) atoms. The average molecular weight is 216 g/mol. The van der Waals surface area contributed by atoms with Crippen LogP contribution in [0.3, 0.4) is 0 Å². The summed E-state index contributed by atoms with van der Waals surface area (Å²) in [6.07, 6.45) is 0.943. The third-order valence-corrected chi connectivity index (χ3v) is 2.55. The van der Waals surface area contributed by atoms with Crippen molar-refractivity contribution < 1.29 is 0 Å². The number of aromatic nitrogens is 3. The molecule has 0 atom stereocenters. The van der Waals surface area contributed by atoms with Crippen LogP contribution in [0, 0.1) is 6.92 Å². The number of hydrogen-bond donors (Lipinski definition) is 1. The molecule has 0 bridgehead atoms. The lowest BCUT2D eigenvalue weighted by Crippen LogP contribution is -2.08. The van der Waals surface area contributed by atoms with Crippen molar-refractivity contribution in [2.75, 3.05) is 6.54 Å². The highest BCUT2D eigenvalue weighted by molar-refractivity contribution is 5.54. The van der Waals surface area contributed by atoms with Gasteiger partial charge in [-0.2, -0.15) is 0 Å². The van der Waals surface area contributed by atoms with E-state index < -0.39 is 0 Å².